The summed E-state index contributed by atoms with van der Waals surface area (Å²) >= 11 is 0. The number of nitriles is 2. The van der Waals surface area contributed by atoms with Gasteiger partial charge < -0.3 is 0 Å². The van der Waals surface area contributed by atoms with Gasteiger partial charge in [-0.05, 0) is 34.4 Å². The Labute approximate surface area is 153 Å². The van der Waals surface area contributed by atoms with Crippen LogP contribution in [0.5, 0.6) is 0 Å². The third kappa shape index (κ3) is 4.15. The van der Waals surface area contributed by atoms with Crippen molar-refractivity contribution in [2.75, 3.05) is 0 Å². The van der Waals surface area contributed by atoms with Crippen molar-refractivity contribution in [3.05, 3.63) is 106 Å². The summed E-state index contributed by atoms with van der Waals surface area (Å²) < 4.78 is 0. The third-order valence-electron chi connectivity index (χ3n) is 3.97. The van der Waals surface area contributed by atoms with E-state index >= 15 is 0 Å². The molecule has 26 heavy (non-hydrogen) atoms. The smallest absolute Gasteiger partial charge is 0.101 e. The lowest BCUT2D eigenvalue weighted by molar-refractivity contribution is 1.42. The Balaban J connectivity index is 2.03. The molecule has 0 aliphatic heterocycles. The first kappa shape index (κ1) is 17.0. The van der Waals surface area contributed by atoms with E-state index in [0.717, 1.165) is 22.3 Å². The van der Waals surface area contributed by atoms with E-state index in [0.29, 0.717) is 11.1 Å². The zero-order valence-corrected chi connectivity index (χ0v) is 14.1. The van der Waals surface area contributed by atoms with Gasteiger partial charge in [0.15, 0.2) is 0 Å². The van der Waals surface area contributed by atoms with Crippen molar-refractivity contribution in [2.24, 2.45) is 0 Å². The molecule has 0 amide bonds. The maximum absolute atomic E-state index is 9.31. The zero-order valence-electron chi connectivity index (χ0n) is 14.1. The highest BCUT2D eigenvalue weighted by molar-refractivity contribution is 5.81. The Kier molecular flexibility index (Phi) is 5.41. The molecule has 122 valence electrons. The summed E-state index contributed by atoms with van der Waals surface area (Å²) in [4.78, 5) is 0. The van der Waals surface area contributed by atoms with E-state index < -0.39 is 0 Å². The average molecular weight is 332 g/mol. The van der Waals surface area contributed by atoms with Crippen molar-refractivity contribution < 1.29 is 0 Å². The summed E-state index contributed by atoms with van der Waals surface area (Å²) in [5.41, 5.74) is 4.73. The molecule has 0 N–H and O–H groups in total. The molecule has 2 nitrogen and oxygen atoms in total. The lowest BCUT2D eigenvalue weighted by Gasteiger charge is -2.05. The van der Waals surface area contributed by atoms with Crippen molar-refractivity contribution in [3.63, 3.8) is 0 Å². The van der Waals surface area contributed by atoms with Gasteiger partial charge in [-0.2, -0.15) is 10.5 Å². The van der Waals surface area contributed by atoms with Crippen LogP contribution in [0.4, 0.5) is 0 Å². The number of hydrogen-bond donors (Lipinski definition) is 0. The fourth-order valence-corrected chi connectivity index (χ4v) is 2.61. The minimum atomic E-state index is 0.386. The molecule has 0 spiro atoms. The highest BCUT2D eigenvalue weighted by Gasteiger charge is 2.06. The van der Waals surface area contributed by atoms with Gasteiger partial charge in [-0.3, -0.25) is 0 Å². The van der Waals surface area contributed by atoms with Crippen molar-refractivity contribution in [2.45, 2.75) is 0 Å². The summed E-state index contributed by atoms with van der Waals surface area (Å²) in [6.45, 7) is 0. The lowest BCUT2D eigenvalue weighted by atomic mass is 9.97. The summed E-state index contributed by atoms with van der Waals surface area (Å²) in [6.07, 6.45) is 7.95. The Morgan fingerprint density at radius 1 is 0.538 bits per heavy atom. The molecule has 0 fully saturated rings. The van der Waals surface area contributed by atoms with E-state index in [9.17, 15) is 10.5 Å². The van der Waals surface area contributed by atoms with Crippen molar-refractivity contribution >= 4 is 24.3 Å². The summed E-state index contributed by atoms with van der Waals surface area (Å²) in [7, 11) is 0. The Bertz CT molecular complexity index is 945. The topological polar surface area (TPSA) is 47.6 Å². The van der Waals surface area contributed by atoms with Crippen LogP contribution in [0, 0.1) is 22.7 Å². The molecule has 3 rings (SSSR count). The molecular weight excluding hydrogens is 316 g/mol. The van der Waals surface area contributed by atoms with Gasteiger partial charge in [0.2, 0.25) is 0 Å². The first-order valence-corrected chi connectivity index (χ1v) is 8.24. The minimum absolute atomic E-state index is 0.386. The van der Waals surface area contributed by atoms with Gasteiger partial charge in [-0.15, -0.1) is 0 Å². The van der Waals surface area contributed by atoms with Crippen LogP contribution in [0.15, 0.2) is 72.8 Å². The second-order valence-electron chi connectivity index (χ2n) is 5.74. The van der Waals surface area contributed by atoms with Gasteiger partial charge in [-0.25, -0.2) is 0 Å². The van der Waals surface area contributed by atoms with E-state index in [1.807, 2.05) is 85.0 Å². The second kappa shape index (κ2) is 8.29. The Morgan fingerprint density at radius 3 is 1.27 bits per heavy atom. The predicted molar refractivity (Wildman–Crippen MR) is 107 cm³/mol. The first-order chi connectivity index (χ1) is 12.8. The molecule has 0 aromatic heterocycles. The van der Waals surface area contributed by atoms with Crippen LogP contribution in [0.1, 0.15) is 33.4 Å². The molecule has 0 heterocycles. The molecule has 0 bridgehead atoms. The van der Waals surface area contributed by atoms with Crippen LogP contribution in [-0.4, -0.2) is 0 Å². The van der Waals surface area contributed by atoms with E-state index in [-0.39, 0.29) is 0 Å². The fraction of sp³-hybridized carbons (Fsp3) is 0. The fourth-order valence-electron chi connectivity index (χ4n) is 2.61. The first-order valence-electron chi connectivity index (χ1n) is 8.24. The number of benzene rings is 3. The van der Waals surface area contributed by atoms with Crippen LogP contribution in [-0.2, 0) is 0 Å². The molecular formula is C24H16N2. The summed E-state index contributed by atoms with van der Waals surface area (Å²) in [5, 5.41) is 18.6. The molecule has 0 aliphatic rings. The molecule has 2 heteroatoms. The third-order valence-corrected chi connectivity index (χ3v) is 3.97. The molecule has 0 radical (unpaired) electrons. The molecule has 3 aromatic carbocycles. The standard InChI is InChI=1S/C24H16N2/c25-17-23-15-21(13-11-19-7-3-1-4-8-19)22(16-24(23)18-26)14-12-20-9-5-2-6-10-20/h1-16H. The van der Waals surface area contributed by atoms with E-state index in [2.05, 4.69) is 12.1 Å². The largest absolute Gasteiger partial charge is 0.192 e. The zero-order chi connectivity index (χ0) is 18.2. The number of nitrogens with zero attached hydrogens (tertiary/aromatic N) is 2. The summed E-state index contributed by atoms with van der Waals surface area (Å²) in [6, 6.07) is 27.7. The van der Waals surface area contributed by atoms with Gasteiger partial charge in [0, 0.05) is 0 Å². The van der Waals surface area contributed by atoms with Crippen LogP contribution >= 0.6 is 0 Å². The maximum atomic E-state index is 9.31. The maximum Gasteiger partial charge on any atom is 0.101 e. The van der Waals surface area contributed by atoms with Gasteiger partial charge in [0.1, 0.15) is 12.1 Å². The van der Waals surface area contributed by atoms with Crippen molar-refractivity contribution in [1.82, 2.24) is 0 Å². The highest BCUT2D eigenvalue weighted by Crippen LogP contribution is 2.21. The Morgan fingerprint density at radius 2 is 0.923 bits per heavy atom. The predicted octanol–water partition coefficient (Wildman–Crippen LogP) is 5.77. The van der Waals surface area contributed by atoms with Gasteiger partial charge >= 0.3 is 0 Å². The van der Waals surface area contributed by atoms with Crippen LogP contribution in [0.3, 0.4) is 0 Å². The van der Waals surface area contributed by atoms with Crippen molar-refractivity contribution in [1.29, 1.82) is 10.5 Å². The van der Waals surface area contributed by atoms with Crippen LogP contribution in [0.25, 0.3) is 24.3 Å². The number of hydrogen-bond acceptors (Lipinski definition) is 2. The second-order valence-corrected chi connectivity index (χ2v) is 5.74. The molecule has 0 aliphatic carbocycles. The number of rotatable bonds is 4. The van der Waals surface area contributed by atoms with Crippen LogP contribution in [0.2, 0.25) is 0 Å². The lowest BCUT2D eigenvalue weighted by Crippen LogP contribution is -1.90. The molecule has 0 saturated carbocycles. The van der Waals surface area contributed by atoms with E-state index in [1.165, 1.54) is 0 Å². The molecule has 0 saturated heterocycles. The van der Waals surface area contributed by atoms with Gasteiger partial charge in [-0.1, -0.05) is 85.0 Å². The molecule has 0 atom stereocenters. The highest BCUT2D eigenvalue weighted by atomic mass is 14.3. The normalized spacial score (nSPS) is 10.7. The molecule has 3 aromatic rings. The van der Waals surface area contributed by atoms with E-state index in [1.54, 1.807) is 12.1 Å². The summed E-state index contributed by atoms with van der Waals surface area (Å²) in [5.74, 6) is 0. The van der Waals surface area contributed by atoms with Gasteiger partial charge in [0.25, 0.3) is 0 Å². The van der Waals surface area contributed by atoms with Crippen molar-refractivity contribution in [3.8, 4) is 12.1 Å². The monoisotopic (exact) mass is 332 g/mol. The minimum Gasteiger partial charge on any atom is -0.192 e. The quantitative estimate of drug-likeness (QED) is 0.569. The van der Waals surface area contributed by atoms with E-state index in [4.69, 9.17) is 0 Å². The van der Waals surface area contributed by atoms with Gasteiger partial charge in [0.05, 0.1) is 11.1 Å². The average Bonchev–Trinajstić information content (AvgIpc) is 2.72. The van der Waals surface area contributed by atoms with Crippen LogP contribution < -0.4 is 0 Å². The Hall–Kier alpha value is -3.88. The SMILES string of the molecule is N#Cc1cc(C=Cc2ccccc2)c(C=Cc2ccccc2)cc1C#N. The molecule has 0 unspecified atom stereocenters.